The Morgan fingerprint density at radius 2 is 2.17 bits per heavy atom. The standard InChI is InChI=1S/C9H8BrNO/c10-9-4-7-2-1-6(5-11)3-8(7)12-9/h1-4H,5,11H2. The van der Waals surface area contributed by atoms with Gasteiger partial charge in [0.2, 0.25) is 0 Å². The summed E-state index contributed by atoms with van der Waals surface area (Å²) < 4.78 is 6.13. The summed E-state index contributed by atoms with van der Waals surface area (Å²) in [6.45, 7) is 0.550. The lowest BCUT2D eigenvalue weighted by Crippen LogP contribution is -1.94. The molecule has 0 unspecified atom stereocenters. The average Bonchev–Trinajstić information content (AvgIpc) is 2.43. The molecule has 0 aliphatic heterocycles. The molecule has 2 rings (SSSR count). The Balaban J connectivity index is 2.66. The maximum absolute atomic E-state index is 5.49. The summed E-state index contributed by atoms with van der Waals surface area (Å²) >= 11 is 3.27. The minimum Gasteiger partial charge on any atom is -0.449 e. The fraction of sp³-hybridized carbons (Fsp3) is 0.111. The zero-order chi connectivity index (χ0) is 8.55. The number of furan rings is 1. The monoisotopic (exact) mass is 225 g/mol. The van der Waals surface area contributed by atoms with Crippen LogP contribution in [0.4, 0.5) is 0 Å². The molecule has 2 nitrogen and oxygen atoms in total. The van der Waals surface area contributed by atoms with Crippen LogP contribution in [0, 0.1) is 0 Å². The number of hydrogen-bond acceptors (Lipinski definition) is 2. The Labute approximate surface area is 78.5 Å². The molecule has 0 fully saturated rings. The van der Waals surface area contributed by atoms with Crippen molar-refractivity contribution in [3.63, 3.8) is 0 Å². The van der Waals surface area contributed by atoms with E-state index in [0.29, 0.717) is 6.54 Å². The lowest BCUT2D eigenvalue weighted by molar-refractivity contribution is 0.587. The summed E-state index contributed by atoms with van der Waals surface area (Å²) in [4.78, 5) is 0. The zero-order valence-electron chi connectivity index (χ0n) is 6.38. The third kappa shape index (κ3) is 1.26. The molecular weight excluding hydrogens is 218 g/mol. The fourth-order valence-electron chi connectivity index (χ4n) is 1.17. The van der Waals surface area contributed by atoms with E-state index in [1.807, 2.05) is 24.3 Å². The molecule has 2 aromatic rings. The van der Waals surface area contributed by atoms with E-state index >= 15 is 0 Å². The first-order chi connectivity index (χ1) is 5.79. The first kappa shape index (κ1) is 7.83. The highest BCUT2D eigenvalue weighted by molar-refractivity contribution is 9.10. The Morgan fingerprint density at radius 3 is 2.92 bits per heavy atom. The second kappa shape index (κ2) is 2.92. The van der Waals surface area contributed by atoms with Gasteiger partial charge in [-0.15, -0.1) is 0 Å². The van der Waals surface area contributed by atoms with Gasteiger partial charge < -0.3 is 10.2 Å². The van der Waals surface area contributed by atoms with Gasteiger partial charge in [0.15, 0.2) is 4.67 Å². The lowest BCUT2D eigenvalue weighted by atomic mass is 10.2. The highest BCUT2D eigenvalue weighted by Gasteiger charge is 2.00. The predicted molar refractivity (Wildman–Crippen MR) is 51.8 cm³/mol. The van der Waals surface area contributed by atoms with Crippen LogP contribution < -0.4 is 5.73 Å². The van der Waals surface area contributed by atoms with Crippen molar-refractivity contribution in [2.24, 2.45) is 5.73 Å². The van der Waals surface area contributed by atoms with E-state index in [4.69, 9.17) is 10.2 Å². The molecule has 1 aromatic carbocycles. The van der Waals surface area contributed by atoms with Crippen molar-refractivity contribution in [1.29, 1.82) is 0 Å². The second-order valence-corrected chi connectivity index (χ2v) is 3.41. The van der Waals surface area contributed by atoms with Crippen LogP contribution in [0.1, 0.15) is 5.56 Å². The van der Waals surface area contributed by atoms with Crippen LogP contribution in [0.3, 0.4) is 0 Å². The maximum Gasteiger partial charge on any atom is 0.170 e. The molecule has 0 atom stereocenters. The van der Waals surface area contributed by atoms with Gasteiger partial charge in [0.05, 0.1) is 0 Å². The molecule has 0 amide bonds. The summed E-state index contributed by atoms with van der Waals surface area (Å²) in [7, 11) is 0. The smallest absolute Gasteiger partial charge is 0.170 e. The van der Waals surface area contributed by atoms with Gasteiger partial charge >= 0.3 is 0 Å². The zero-order valence-corrected chi connectivity index (χ0v) is 7.97. The van der Waals surface area contributed by atoms with E-state index in [2.05, 4.69) is 15.9 Å². The summed E-state index contributed by atoms with van der Waals surface area (Å²) in [5.41, 5.74) is 7.46. The molecule has 0 aliphatic rings. The molecule has 2 N–H and O–H groups in total. The van der Waals surface area contributed by atoms with Crippen molar-refractivity contribution in [2.45, 2.75) is 6.54 Å². The molecule has 1 aromatic heterocycles. The molecule has 3 heteroatoms. The third-order valence-electron chi connectivity index (χ3n) is 1.79. The Morgan fingerprint density at radius 1 is 1.33 bits per heavy atom. The van der Waals surface area contributed by atoms with Crippen molar-refractivity contribution in [1.82, 2.24) is 0 Å². The van der Waals surface area contributed by atoms with Crippen LogP contribution in [0.5, 0.6) is 0 Å². The van der Waals surface area contributed by atoms with Gasteiger partial charge in [0, 0.05) is 11.9 Å². The molecule has 0 spiro atoms. The van der Waals surface area contributed by atoms with E-state index in [-0.39, 0.29) is 0 Å². The van der Waals surface area contributed by atoms with E-state index in [9.17, 15) is 0 Å². The molecule has 0 saturated heterocycles. The summed E-state index contributed by atoms with van der Waals surface area (Å²) in [6.07, 6.45) is 0. The molecular formula is C9H8BrNO. The summed E-state index contributed by atoms with van der Waals surface area (Å²) in [5.74, 6) is 0. The van der Waals surface area contributed by atoms with Gasteiger partial charge in [-0.3, -0.25) is 0 Å². The van der Waals surface area contributed by atoms with E-state index in [0.717, 1.165) is 21.2 Å². The molecule has 62 valence electrons. The van der Waals surface area contributed by atoms with Crippen molar-refractivity contribution in [3.8, 4) is 0 Å². The first-order valence-electron chi connectivity index (χ1n) is 3.67. The van der Waals surface area contributed by atoms with Gasteiger partial charge in [-0.25, -0.2) is 0 Å². The number of rotatable bonds is 1. The lowest BCUT2D eigenvalue weighted by Gasteiger charge is -1.93. The van der Waals surface area contributed by atoms with E-state index < -0.39 is 0 Å². The van der Waals surface area contributed by atoms with Crippen LogP contribution in [-0.2, 0) is 6.54 Å². The normalized spacial score (nSPS) is 10.8. The maximum atomic E-state index is 5.49. The molecule has 1 heterocycles. The highest BCUT2D eigenvalue weighted by atomic mass is 79.9. The number of halogens is 1. The summed E-state index contributed by atoms with van der Waals surface area (Å²) in [5, 5.41) is 1.10. The number of hydrogen-bond donors (Lipinski definition) is 1. The molecule has 0 bridgehead atoms. The van der Waals surface area contributed by atoms with Gasteiger partial charge in [0.1, 0.15) is 5.58 Å². The van der Waals surface area contributed by atoms with Crippen LogP contribution in [0.25, 0.3) is 11.0 Å². The van der Waals surface area contributed by atoms with Crippen molar-refractivity contribution in [2.75, 3.05) is 0 Å². The van der Waals surface area contributed by atoms with Crippen molar-refractivity contribution >= 4 is 26.9 Å². The van der Waals surface area contributed by atoms with Crippen LogP contribution in [-0.4, -0.2) is 0 Å². The quantitative estimate of drug-likeness (QED) is 0.811. The highest BCUT2D eigenvalue weighted by Crippen LogP contribution is 2.23. The van der Waals surface area contributed by atoms with Crippen LogP contribution in [0.15, 0.2) is 33.4 Å². The molecule has 0 radical (unpaired) electrons. The number of fused-ring (bicyclic) bond motifs is 1. The fourth-order valence-corrected chi connectivity index (χ4v) is 1.59. The van der Waals surface area contributed by atoms with Gasteiger partial charge in [-0.1, -0.05) is 12.1 Å². The predicted octanol–water partition coefficient (Wildman–Crippen LogP) is 2.65. The minimum atomic E-state index is 0.550. The third-order valence-corrected chi connectivity index (χ3v) is 2.18. The van der Waals surface area contributed by atoms with Gasteiger partial charge in [-0.2, -0.15) is 0 Å². The van der Waals surface area contributed by atoms with Gasteiger partial charge in [0.25, 0.3) is 0 Å². The SMILES string of the molecule is NCc1ccc2cc(Br)oc2c1. The Hall–Kier alpha value is -0.800. The van der Waals surface area contributed by atoms with Crippen LogP contribution >= 0.6 is 15.9 Å². The molecule has 12 heavy (non-hydrogen) atoms. The Bertz CT molecular complexity index is 408. The summed E-state index contributed by atoms with van der Waals surface area (Å²) in [6, 6.07) is 7.91. The van der Waals surface area contributed by atoms with Crippen molar-refractivity contribution in [3.05, 3.63) is 34.5 Å². The largest absolute Gasteiger partial charge is 0.449 e. The van der Waals surface area contributed by atoms with Crippen LogP contribution in [0.2, 0.25) is 0 Å². The second-order valence-electron chi connectivity index (χ2n) is 2.63. The van der Waals surface area contributed by atoms with E-state index in [1.54, 1.807) is 0 Å². The Kier molecular flexibility index (Phi) is 1.90. The number of benzene rings is 1. The minimum absolute atomic E-state index is 0.550. The van der Waals surface area contributed by atoms with Crippen molar-refractivity contribution < 1.29 is 4.42 Å². The van der Waals surface area contributed by atoms with E-state index in [1.165, 1.54) is 0 Å². The number of nitrogens with two attached hydrogens (primary N) is 1. The first-order valence-corrected chi connectivity index (χ1v) is 4.47. The molecule has 0 saturated carbocycles. The topological polar surface area (TPSA) is 39.2 Å². The molecule has 0 aliphatic carbocycles. The average molecular weight is 226 g/mol. The van der Waals surface area contributed by atoms with Gasteiger partial charge in [-0.05, 0) is 33.6 Å².